The summed E-state index contributed by atoms with van der Waals surface area (Å²) >= 11 is 3.39. The number of halogens is 1. The van der Waals surface area contributed by atoms with E-state index in [1.807, 2.05) is 13.0 Å². The Morgan fingerprint density at radius 1 is 1.10 bits per heavy atom. The van der Waals surface area contributed by atoms with Gasteiger partial charge in [0.25, 0.3) is 10.0 Å². The lowest BCUT2D eigenvalue weighted by Gasteiger charge is -2.26. The first-order valence-corrected chi connectivity index (χ1v) is 12.9. The summed E-state index contributed by atoms with van der Waals surface area (Å²) in [6.45, 7) is 5.37. The van der Waals surface area contributed by atoms with E-state index in [-0.39, 0.29) is 17.3 Å². The van der Waals surface area contributed by atoms with Gasteiger partial charge in [-0.15, -0.1) is 0 Å². The number of benzene rings is 2. The van der Waals surface area contributed by atoms with E-state index in [1.165, 1.54) is 23.6 Å². The van der Waals surface area contributed by atoms with Crippen LogP contribution < -0.4 is 9.62 Å². The quantitative estimate of drug-likeness (QED) is 0.521. The number of carbonyl (C=O) groups excluding carboxylic acids is 1. The molecular weight excluding hydrogens is 478 g/mol. The highest BCUT2D eigenvalue weighted by atomic mass is 79.9. The molecule has 0 bridgehead atoms. The topological polar surface area (TPSA) is 69.7 Å². The molecule has 2 aromatic carbocycles. The van der Waals surface area contributed by atoms with Crippen LogP contribution in [0.5, 0.6) is 0 Å². The number of hydrogen-bond donors (Lipinski definition) is 1. The Balaban J connectivity index is 1.68. The van der Waals surface area contributed by atoms with Crippen molar-refractivity contribution in [2.45, 2.75) is 37.5 Å². The van der Waals surface area contributed by atoms with Gasteiger partial charge in [0.05, 0.1) is 10.6 Å². The molecule has 1 aliphatic heterocycles. The van der Waals surface area contributed by atoms with Gasteiger partial charge in [-0.2, -0.15) is 0 Å². The minimum absolute atomic E-state index is 0.163. The zero-order chi connectivity index (χ0) is 22.3. The van der Waals surface area contributed by atoms with Gasteiger partial charge in [-0.1, -0.05) is 46.1 Å². The van der Waals surface area contributed by atoms with Gasteiger partial charge >= 0.3 is 0 Å². The molecule has 0 atom stereocenters. The average Bonchev–Trinajstić information content (AvgIpc) is 2.76. The molecule has 0 radical (unpaired) electrons. The van der Waals surface area contributed by atoms with Crippen LogP contribution in [0, 0.1) is 6.92 Å². The smallest absolute Gasteiger partial charge is 0.264 e. The Kier molecular flexibility index (Phi) is 8.51. The summed E-state index contributed by atoms with van der Waals surface area (Å²) in [6.07, 6.45) is 4.64. The maximum Gasteiger partial charge on any atom is 0.264 e. The highest BCUT2D eigenvalue weighted by Crippen LogP contribution is 2.26. The van der Waals surface area contributed by atoms with E-state index >= 15 is 0 Å². The summed E-state index contributed by atoms with van der Waals surface area (Å²) < 4.78 is 28.6. The van der Waals surface area contributed by atoms with Crippen molar-refractivity contribution in [2.24, 2.45) is 0 Å². The molecule has 1 saturated heterocycles. The van der Waals surface area contributed by atoms with Gasteiger partial charge in [-0.25, -0.2) is 8.42 Å². The van der Waals surface area contributed by atoms with Crippen LogP contribution in [0.3, 0.4) is 0 Å². The number of nitrogens with zero attached hydrogens (tertiary/aromatic N) is 2. The van der Waals surface area contributed by atoms with Crippen molar-refractivity contribution in [3.63, 3.8) is 0 Å². The zero-order valence-electron chi connectivity index (χ0n) is 17.9. The molecule has 0 spiro atoms. The molecule has 2 aromatic rings. The third-order valence-corrected chi connectivity index (χ3v) is 7.70. The monoisotopic (exact) mass is 507 g/mol. The number of nitrogens with one attached hydrogen (secondary N) is 1. The maximum atomic E-state index is 13.4. The Hall–Kier alpha value is -1.90. The van der Waals surface area contributed by atoms with Crippen LogP contribution in [-0.2, 0) is 14.8 Å². The van der Waals surface area contributed by atoms with Crippen LogP contribution in [0.2, 0.25) is 0 Å². The molecule has 168 valence electrons. The van der Waals surface area contributed by atoms with Crippen molar-refractivity contribution in [3.8, 4) is 0 Å². The molecule has 1 amide bonds. The summed E-state index contributed by atoms with van der Waals surface area (Å²) in [4.78, 5) is 15.2. The first kappa shape index (κ1) is 23.8. The largest absolute Gasteiger partial charge is 0.354 e. The first-order valence-electron chi connectivity index (χ1n) is 10.7. The predicted molar refractivity (Wildman–Crippen MR) is 128 cm³/mol. The van der Waals surface area contributed by atoms with Crippen LogP contribution in [0.15, 0.2) is 57.9 Å². The van der Waals surface area contributed by atoms with Gasteiger partial charge in [-0.05, 0) is 76.2 Å². The molecule has 1 aliphatic rings. The number of carbonyl (C=O) groups is 1. The summed E-state index contributed by atoms with van der Waals surface area (Å²) in [6, 6.07) is 13.6. The molecule has 31 heavy (non-hydrogen) atoms. The van der Waals surface area contributed by atoms with E-state index in [4.69, 9.17) is 0 Å². The number of likely N-dealkylation sites (tertiary alicyclic amines) is 1. The lowest BCUT2D eigenvalue weighted by atomic mass is 10.1. The summed E-state index contributed by atoms with van der Waals surface area (Å²) in [7, 11) is -3.89. The molecule has 0 aromatic heterocycles. The van der Waals surface area contributed by atoms with E-state index in [2.05, 4.69) is 26.1 Å². The number of anilines is 1. The summed E-state index contributed by atoms with van der Waals surface area (Å²) in [5.41, 5.74) is 1.41. The third kappa shape index (κ3) is 6.79. The van der Waals surface area contributed by atoms with Crippen LogP contribution in [0.4, 0.5) is 5.69 Å². The molecule has 0 unspecified atom stereocenters. The normalized spacial score (nSPS) is 14.9. The SMILES string of the molecule is Cc1ccc(S(=O)(=O)N(CC(=O)NCCCN2CCCCC2)c2cccc(Br)c2)cc1. The Morgan fingerprint density at radius 2 is 1.81 bits per heavy atom. The number of aryl methyl sites for hydroxylation is 1. The van der Waals surface area contributed by atoms with Gasteiger partial charge in [0.15, 0.2) is 0 Å². The first-order chi connectivity index (χ1) is 14.9. The number of sulfonamides is 1. The lowest BCUT2D eigenvalue weighted by molar-refractivity contribution is -0.119. The molecule has 3 rings (SSSR count). The maximum absolute atomic E-state index is 13.4. The molecule has 8 heteroatoms. The number of amides is 1. The number of rotatable bonds is 9. The van der Waals surface area contributed by atoms with Crippen LogP contribution in [0.1, 0.15) is 31.2 Å². The van der Waals surface area contributed by atoms with Gasteiger partial charge in [0, 0.05) is 11.0 Å². The van der Waals surface area contributed by atoms with Gasteiger partial charge < -0.3 is 10.2 Å². The molecule has 1 fully saturated rings. The van der Waals surface area contributed by atoms with Crippen LogP contribution in [0.25, 0.3) is 0 Å². The van der Waals surface area contributed by atoms with Crippen molar-refractivity contribution in [1.29, 1.82) is 0 Å². The van der Waals surface area contributed by atoms with Crippen LogP contribution >= 0.6 is 15.9 Å². The second kappa shape index (κ2) is 11.1. The van der Waals surface area contributed by atoms with Crippen molar-refractivity contribution in [3.05, 3.63) is 58.6 Å². The molecule has 0 saturated carbocycles. The van der Waals surface area contributed by atoms with Crippen molar-refractivity contribution in [1.82, 2.24) is 10.2 Å². The van der Waals surface area contributed by atoms with Gasteiger partial charge in [-0.3, -0.25) is 9.10 Å². The van der Waals surface area contributed by atoms with Gasteiger partial charge in [0.2, 0.25) is 5.91 Å². The molecule has 0 aliphatic carbocycles. The fourth-order valence-electron chi connectivity index (χ4n) is 3.68. The predicted octanol–water partition coefficient (Wildman–Crippen LogP) is 3.95. The van der Waals surface area contributed by atoms with E-state index in [0.29, 0.717) is 12.2 Å². The zero-order valence-corrected chi connectivity index (χ0v) is 20.3. The van der Waals surface area contributed by atoms with Crippen molar-refractivity contribution >= 4 is 37.5 Å². The average molecular weight is 508 g/mol. The van der Waals surface area contributed by atoms with E-state index in [9.17, 15) is 13.2 Å². The van der Waals surface area contributed by atoms with E-state index < -0.39 is 10.0 Å². The molecule has 1 heterocycles. The second-order valence-corrected chi connectivity index (χ2v) is 10.7. The van der Waals surface area contributed by atoms with Gasteiger partial charge in [0.1, 0.15) is 6.54 Å². The van der Waals surface area contributed by atoms with E-state index in [1.54, 1.807) is 42.5 Å². The molecule has 1 N–H and O–H groups in total. The standard InChI is InChI=1S/C23H30BrN3O3S/c1-19-9-11-22(12-10-19)31(29,30)27(21-8-5-7-20(24)17-21)18-23(28)25-13-6-16-26-14-3-2-4-15-26/h5,7-12,17H,2-4,6,13-16,18H2,1H3,(H,25,28). The summed E-state index contributed by atoms with van der Waals surface area (Å²) in [5, 5.41) is 2.89. The molecular formula is C23H30BrN3O3S. The third-order valence-electron chi connectivity index (χ3n) is 5.41. The number of piperidine rings is 1. The van der Waals surface area contributed by atoms with E-state index in [0.717, 1.165) is 36.1 Å². The minimum atomic E-state index is -3.89. The Morgan fingerprint density at radius 3 is 2.48 bits per heavy atom. The molecule has 6 nitrogen and oxygen atoms in total. The van der Waals surface area contributed by atoms with Crippen molar-refractivity contribution < 1.29 is 13.2 Å². The highest BCUT2D eigenvalue weighted by molar-refractivity contribution is 9.10. The fourth-order valence-corrected chi connectivity index (χ4v) is 5.48. The summed E-state index contributed by atoms with van der Waals surface area (Å²) in [5.74, 6) is -0.311. The Labute approximate surface area is 193 Å². The Bertz CT molecular complexity index is 974. The second-order valence-electron chi connectivity index (χ2n) is 7.91. The fraction of sp³-hybridized carbons (Fsp3) is 0.435. The minimum Gasteiger partial charge on any atom is -0.354 e. The highest BCUT2D eigenvalue weighted by Gasteiger charge is 2.27. The van der Waals surface area contributed by atoms with Crippen LogP contribution in [-0.4, -0.2) is 51.9 Å². The lowest BCUT2D eigenvalue weighted by Crippen LogP contribution is -2.41. The number of hydrogen-bond acceptors (Lipinski definition) is 4. The van der Waals surface area contributed by atoms with Crippen molar-refractivity contribution in [2.75, 3.05) is 37.0 Å².